The Morgan fingerprint density at radius 1 is 0.594 bits per heavy atom. The highest BCUT2D eigenvalue weighted by molar-refractivity contribution is 5.76. The first-order valence-corrected chi connectivity index (χ1v) is 12.8. The highest BCUT2D eigenvalue weighted by Crippen LogP contribution is 2.67. The molecule has 0 aliphatic heterocycles. The number of rotatable bonds is 4. The smallest absolute Gasteiger partial charge is 0.309 e. The van der Waals surface area contributed by atoms with Crippen molar-refractivity contribution in [2.45, 2.75) is 87.9 Å². The molecule has 0 aromatic heterocycles. The van der Waals surface area contributed by atoms with E-state index in [9.17, 15) is 19.8 Å². The summed E-state index contributed by atoms with van der Waals surface area (Å²) in [6, 6.07) is 9.24. The van der Waals surface area contributed by atoms with Gasteiger partial charge in [0, 0.05) is 0 Å². The van der Waals surface area contributed by atoms with Gasteiger partial charge in [-0.1, -0.05) is 24.3 Å². The zero-order valence-corrected chi connectivity index (χ0v) is 18.8. The van der Waals surface area contributed by atoms with Crippen LogP contribution in [0.2, 0.25) is 0 Å². The molecule has 0 saturated heterocycles. The lowest BCUT2D eigenvalue weighted by Crippen LogP contribution is -2.57. The number of carboxylic acid groups (broad SMARTS) is 2. The quantitative estimate of drug-likeness (QED) is 0.653. The fourth-order valence-corrected chi connectivity index (χ4v) is 10.9. The molecular formula is C28H34O4. The predicted molar refractivity (Wildman–Crippen MR) is 119 cm³/mol. The fraction of sp³-hybridized carbons (Fsp3) is 0.714. The van der Waals surface area contributed by atoms with Crippen LogP contribution in [0.3, 0.4) is 0 Å². The minimum absolute atomic E-state index is 0.0325. The highest BCUT2D eigenvalue weighted by Gasteiger charge is 2.63. The molecule has 0 radical (unpaired) electrons. The molecule has 9 rings (SSSR count). The van der Waals surface area contributed by atoms with Crippen LogP contribution in [-0.2, 0) is 20.4 Å². The molecule has 1 aromatic rings. The van der Waals surface area contributed by atoms with Crippen LogP contribution in [-0.4, -0.2) is 22.2 Å². The molecule has 0 spiro atoms. The van der Waals surface area contributed by atoms with Crippen molar-refractivity contribution in [2.75, 3.05) is 0 Å². The van der Waals surface area contributed by atoms with E-state index < -0.39 is 22.8 Å². The Morgan fingerprint density at radius 3 is 1.19 bits per heavy atom. The van der Waals surface area contributed by atoms with Gasteiger partial charge in [-0.05, 0) is 123 Å². The van der Waals surface area contributed by atoms with Crippen molar-refractivity contribution in [3.8, 4) is 0 Å². The molecule has 0 amide bonds. The predicted octanol–water partition coefficient (Wildman–Crippen LogP) is 5.53. The molecule has 1 aromatic carbocycles. The average molecular weight is 435 g/mol. The van der Waals surface area contributed by atoms with Gasteiger partial charge in [0.1, 0.15) is 0 Å². The summed E-state index contributed by atoms with van der Waals surface area (Å²) in [5.74, 6) is 1.10. The maximum absolute atomic E-state index is 12.3. The third kappa shape index (κ3) is 2.45. The molecule has 0 heterocycles. The standard InChI is InChI=1S/C28H34O4/c29-23(30)27-11-17-5-18(12-27)8-25(7-17,15-27)21-1-2-22(4-3-21)26-9-19-6-20(10-26)14-28(13-19,16-26)24(31)32/h1-4,17-20H,5-16H2,(H,29,30)(H,31,32)/t17-,18-,19-,20+,25?,26?,27?,28?/m0/s1. The molecule has 8 fully saturated rings. The zero-order chi connectivity index (χ0) is 21.9. The number of benzene rings is 1. The number of hydrogen-bond donors (Lipinski definition) is 2. The molecule has 8 bridgehead atoms. The zero-order valence-electron chi connectivity index (χ0n) is 18.8. The maximum Gasteiger partial charge on any atom is 0.309 e. The third-order valence-electron chi connectivity index (χ3n) is 11.1. The van der Waals surface area contributed by atoms with Gasteiger partial charge in [0.05, 0.1) is 10.8 Å². The van der Waals surface area contributed by atoms with Crippen LogP contribution in [0.5, 0.6) is 0 Å². The van der Waals surface area contributed by atoms with Gasteiger partial charge in [-0.3, -0.25) is 9.59 Å². The van der Waals surface area contributed by atoms with E-state index in [4.69, 9.17) is 0 Å². The van der Waals surface area contributed by atoms with Crippen LogP contribution in [0, 0.1) is 34.5 Å². The van der Waals surface area contributed by atoms with Gasteiger partial charge in [-0.25, -0.2) is 0 Å². The average Bonchev–Trinajstić information content (AvgIpc) is 2.72. The van der Waals surface area contributed by atoms with Crippen LogP contribution in [0.15, 0.2) is 24.3 Å². The van der Waals surface area contributed by atoms with Crippen LogP contribution in [0.4, 0.5) is 0 Å². The van der Waals surface area contributed by atoms with E-state index in [-0.39, 0.29) is 10.8 Å². The maximum atomic E-state index is 12.3. The van der Waals surface area contributed by atoms with Crippen LogP contribution in [0.1, 0.15) is 88.2 Å². The lowest BCUT2D eigenvalue weighted by Gasteiger charge is -2.61. The van der Waals surface area contributed by atoms with Gasteiger partial charge in [0.25, 0.3) is 0 Å². The Hall–Kier alpha value is -1.84. The Kier molecular flexibility index (Phi) is 3.67. The van der Waals surface area contributed by atoms with Gasteiger partial charge in [-0.15, -0.1) is 0 Å². The summed E-state index contributed by atoms with van der Waals surface area (Å²) >= 11 is 0. The minimum Gasteiger partial charge on any atom is -0.481 e. The number of carbonyl (C=O) groups is 2. The summed E-state index contributed by atoms with van der Waals surface area (Å²) in [7, 11) is 0. The molecule has 4 heteroatoms. The number of carboxylic acids is 2. The second kappa shape index (κ2) is 5.98. The second-order valence-corrected chi connectivity index (χ2v) is 13.2. The summed E-state index contributed by atoms with van der Waals surface area (Å²) in [4.78, 5) is 24.6. The van der Waals surface area contributed by atoms with E-state index in [0.29, 0.717) is 23.7 Å². The third-order valence-corrected chi connectivity index (χ3v) is 11.1. The summed E-state index contributed by atoms with van der Waals surface area (Å²) in [6.07, 6.45) is 12.1. The summed E-state index contributed by atoms with van der Waals surface area (Å²) in [5.41, 5.74) is 1.75. The Morgan fingerprint density at radius 2 is 0.906 bits per heavy atom. The lowest BCUT2D eigenvalue weighted by atomic mass is 9.42. The van der Waals surface area contributed by atoms with Crippen molar-refractivity contribution >= 4 is 11.9 Å². The molecule has 8 aliphatic rings. The van der Waals surface area contributed by atoms with Crippen molar-refractivity contribution in [1.29, 1.82) is 0 Å². The van der Waals surface area contributed by atoms with E-state index in [0.717, 1.165) is 64.2 Å². The van der Waals surface area contributed by atoms with E-state index in [1.807, 2.05) is 0 Å². The van der Waals surface area contributed by atoms with Crippen molar-refractivity contribution < 1.29 is 19.8 Å². The molecule has 2 unspecified atom stereocenters. The van der Waals surface area contributed by atoms with E-state index in [1.165, 1.54) is 24.0 Å². The van der Waals surface area contributed by atoms with Crippen LogP contribution >= 0.6 is 0 Å². The van der Waals surface area contributed by atoms with Crippen molar-refractivity contribution in [1.82, 2.24) is 0 Å². The molecule has 8 saturated carbocycles. The summed E-state index contributed by atoms with van der Waals surface area (Å²) in [5, 5.41) is 20.2. The molecule has 4 nitrogen and oxygen atoms in total. The number of aliphatic carboxylic acids is 2. The Bertz CT molecular complexity index is 898. The second-order valence-electron chi connectivity index (χ2n) is 13.2. The monoisotopic (exact) mass is 434 g/mol. The summed E-state index contributed by atoms with van der Waals surface area (Å²) in [6.45, 7) is 0. The first-order chi connectivity index (χ1) is 15.2. The lowest BCUT2D eigenvalue weighted by molar-refractivity contribution is -0.168. The molecule has 8 aliphatic carbocycles. The van der Waals surface area contributed by atoms with Gasteiger partial charge in [-0.2, -0.15) is 0 Å². The van der Waals surface area contributed by atoms with Gasteiger partial charge >= 0.3 is 11.9 Å². The molecule has 6 atom stereocenters. The van der Waals surface area contributed by atoms with Crippen molar-refractivity contribution in [3.63, 3.8) is 0 Å². The highest BCUT2D eigenvalue weighted by atomic mass is 16.4. The van der Waals surface area contributed by atoms with Crippen molar-refractivity contribution in [2.24, 2.45) is 34.5 Å². The van der Waals surface area contributed by atoms with Crippen LogP contribution < -0.4 is 0 Å². The SMILES string of the molecule is O=C(O)C12C[C@H]3C[C@H](C1)CC(c1ccc(C45C[C@@H]6C[C@@H](CC(C(=O)O)(C6)C4)C5)cc1)(C3)C2. The van der Waals surface area contributed by atoms with E-state index in [1.54, 1.807) is 0 Å². The van der Waals surface area contributed by atoms with Crippen molar-refractivity contribution in [3.05, 3.63) is 35.4 Å². The largest absolute Gasteiger partial charge is 0.481 e. The Labute approximate surface area is 189 Å². The first kappa shape index (κ1) is 19.6. The minimum atomic E-state index is -0.569. The first-order valence-electron chi connectivity index (χ1n) is 12.8. The molecule has 32 heavy (non-hydrogen) atoms. The molecule has 170 valence electrons. The van der Waals surface area contributed by atoms with E-state index in [2.05, 4.69) is 24.3 Å². The Balaban J connectivity index is 1.23. The normalized spacial score (nSPS) is 50.0. The van der Waals surface area contributed by atoms with Gasteiger partial charge < -0.3 is 10.2 Å². The topological polar surface area (TPSA) is 74.6 Å². The fourth-order valence-electron chi connectivity index (χ4n) is 10.9. The number of hydrogen-bond acceptors (Lipinski definition) is 2. The van der Waals surface area contributed by atoms with Gasteiger partial charge in [0.15, 0.2) is 0 Å². The van der Waals surface area contributed by atoms with Gasteiger partial charge in [0.2, 0.25) is 0 Å². The molecular weight excluding hydrogens is 400 g/mol. The van der Waals surface area contributed by atoms with E-state index >= 15 is 0 Å². The summed E-state index contributed by atoms with van der Waals surface area (Å²) < 4.78 is 0. The molecule has 2 N–H and O–H groups in total. The van der Waals surface area contributed by atoms with Crippen LogP contribution in [0.25, 0.3) is 0 Å².